The number of methoxy groups -OCH3 is 1. The monoisotopic (exact) mass is 329 g/mol. The molecule has 0 atom stereocenters. The van der Waals surface area contributed by atoms with E-state index >= 15 is 0 Å². The zero-order chi connectivity index (χ0) is 18.1. The van der Waals surface area contributed by atoms with Crippen molar-refractivity contribution in [2.24, 2.45) is 0 Å². The van der Waals surface area contributed by atoms with E-state index < -0.39 is 0 Å². The molecule has 0 saturated heterocycles. The number of hydrogen-bond donors (Lipinski definition) is 2. The van der Waals surface area contributed by atoms with E-state index in [4.69, 9.17) is 4.74 Å². The minimum Gasteiger partial charge on any atom is -0.507 e. The summed E-state index contributed by atoms with van der Waals surface area (Å²) >= 11 is 0. The molecule has 0 aliphatic heterocycles. The lowest BCUT2D eigenvalue weighted by atomic mass is 9.79. The molecule has 5 nitrogen and oxygen atoms in total. The number of nitrogens with zero attached hydrogens (tertiary/aromatic N) is 2. The van der Waals surface area contributed by atoms with E-state index in [0.29, 0.717) is 17.4 Å². The number of benzene rings is 1. The number of aromatic hydroxyl groups is 1. The Morgan fingerprint density at radius 1 is 0.917 bits per heavy atom. The molecule has 0 aliphatic rings. The van der Waals surface area contributed by atoms with Gasteiger partial charge in [0, 0.05) is 22.9 Å². The van der Waals surface area contributed by atoms with E-state index in [2.05, 4.69) is 57.1 Å². The zero-order valence-corrected chi connectivity index (χ0v) is 15.6. The second kappa shape index (κ2) is 6.30. The molecule has 2 rings (SSSR count). The van der Waals surface area contributed by atoms with Crippen LogP contribution in [0.25, 0.3) is 0 Å². The predicted molar refractivity (Wildman–Crippen MR) is 97.4 cm³/mol. The maximum atomic E-state index is 10.7. The number of ether oxygens (including phenoxy) is 1. The van der Waals surface area contributed by atoms with Crippen LogP contribution in [0.5, 0.6) is 11.6 Å². The van der Waals surface area contributed by atoms with Gasteiger partial charge < -0.3 is 15.2 Å². The van der Waals surface area contributed by atoms with Crippen LogP contribution in [0.4, 0.5) is 11.5 Å². The Labute approximate surface area is 144 Å². The van der Waals surface area contributed by atoms with Crippen molar-refractivity contribution in [3.63, 3.8) is 0 Å². The van der Waals surface area contributed by atoms with Gasteiger partial charge in [-0.15, -0.1) is 10.2 Å². The molecule has 5 heteroatoms. The summed E-state index contributed by atoms with van der Waals surface area (Å²) in [6.07, 6.45) is 0. The van der Waals surface area contributed by atoms with Gasteiger partial charge in [-0.2, -0.15) is 0 Å². The van der Waals surface area contributed by atoms with Crippen LogP contribution < -0.4 is 10.1 Å². The van der Waals surface area contributed by atoms with Crippen molar-refractivity contribution in [3.05, 3.63) is 35.4 Å². The molecule has 1 heterocycles. The number of hydrogen-bond acceptors (Lipinski definition) is 5. The van der Waals surface area contributed by atoms with Crippen molar-refractivity contribution in [1.82, 2.24) is 10.2 Å². The van der Waals surface area contributed by atoms with Gasteiger partial charge in [0.25, 0.3) is 0 Å². The highest BCUT2D eigenvalue weighted by molar-refractivity contribution is 5.63. The molecular weight excluding hydrogens is 302 g/mol. The van der Waals surface area contributed by atoms with Crippen LogP contribution in [-0.2, 0) is 10.8 Å². The number of rotatable bonds is 3. The SMILES string of the molecule is COc1ccc(Nc2cc(C(C)(C)C)c(O)c(C(C)(C)C)c2)nn1. The molecule has 0 aliphatic carbocycles. The van der Waals surface area contributed by atoms with Gasteiger partial charge in [-0.1, -0.05) is 41.5 Å². The van der Waals surface area contributed by atoms with Crippen molar-refractivity contribution >= 4 is 11.5 Å². The standard InChI is InChI=1S/C19H27N3O2/c1-18(2,3)13-10-12(11-14(17(13)23)19(4,5)6)20-15-8-9-16(24-7)22-21-15/h8-11,23H,1-7H3,(H,20,21). The third-order valence-electron chi connectivity index (χ3n) is 3.85. The van der Waals surface area contributed by atoms with Gasteiger partial charge in [0.05, 0.1) is 7.11 Å². The Morgan fingerprint density at radius 3 is 1.83 bits per heavy atom. The molecule has 0 bridgehead atoms. The molecule has 2 aromatic rings. The fourth-order valence-corrected chi connectivity index (χ4v) is 2.49. The number of nitrogens with one attached hydrogen (secondary N) is 1. The van der Waals surface area contributed by atoms with Crippen molar-refractivity contribution in [2.45, 2.75) is 52.4 Å². The van der Waals surface area contributed by atoms with Crippen LogP contribution in [0.1, 0.15) is 52.7 Å². The topological polar surface area (TPSA) is 67.3 Å². The van der Waals surface area contributed by atoms with Crippen LogP contribution in [0, 0.1) is 0 Å². The quantitative estimate of drug-likeness (QED) is 0.810. The maximum Gasteiger partial charge on any atom is 0.233 e. The number of phenols is 1. The van der Waals surface area contributed by atoms with Crippen molar-refractivity contribution in [1.29, 1.82) is 0 Å². The molecule has 0 amide bonds. The molecule has 0 saturated carbocycles. The highest BCUT2D eigenvalue weighted by Gasteiger charge is 2.26. The minimum atomic E-state index is -0.173. The van der Waals surface area contributed by atoms with Crippen LogP contribution in [0.15, 0.2) is 24.3 Å². The molecule has 130 valence electrons. The third-order valence-corrected chi connectivity index (χ3v) is 3.85. The van der Waals surface area contributed by atoms with E-state index in [0.717, 1.165) is 16.8 Å². The molecule has 0 radical (unpaired) electrons. The normalized spacial score (nSPS) is 12.1. The zero-order valence-electron chi connectivity index (χ0n) is 15.6. The van der Waals surface area contributed by atoms with Crippen LogP contribution >= 0.6 is 0 Å². The average Bonchev–Trinajstić information content (AvgIpc) is 2.47. The third kappa shape index (κ3) is 3.96. The van der Waals surface area contributed by atoms with Gasteiger partial charge in [-0.05, 0) is 29.0 Å². The van der Waals surface area contributed by atoms with E-state index in [1.165, 1.54) is 0 Å². The largest absolute Gasteiger partial charge is 0.507 e. The molecule has 0 fully saturated rings. The second-order valence-corrected chi connectivity index (χ2v) is 8.01. The fourth-order valence-electron chi connectivity index (χ4n) is 2.49. The number of anilines is 2. The van der Waals surface area contributed by atoms with Gasteiger partial charge >= 0.3 is 0 Å². The Morgan fingerprint density at radius 2 is 1.46 bits per heavy atom. The first-order valence-corrected chi connectivity index (χ1v) is 8.05. The van der Waals surface area contributed by atoms with E-state index in [9.17, 15) is 5.11 Å². The van der Waals surface area contributed by atoms with Gasteiger partial charge in [-0.25, -0.2) is 0 Å². The first-order valence-electron chi connectivity index (χ1n) is 8.05. The Kier molecular flexibility index (Phi) is 4.74. The summed E-state index contributed by atoms with van der Waals surface area (Å²) in [6.45, 7) is 12.5. The molecule has 1 aromatic heterocycles. The first-order chi connectivity index (χ1) is 11.0. The number of phenolic OH excluding ortho intramolecular Hbond substituents is 1. The van der Waals surface area contributed by atoms with Gasteiger partial charge in [0.2, 0.25) is 5.88 Å². The molecule has 0 spiro atoms. The van der Waals surface area contributed by atoms with Gasteiger partial charge in [-0.3, -0.25) is 0 Å². The second-order valence-electron chi connectivity index (χ2n) is 8.01. The highest BCUT2D eigenvalue weighted by Crippen LogP contribution is 2.41. The van der Waals surface area contributed by atoms with Crippen molar-refractivity contribution in [2.75, 3.05) is 12.4 Å². The molecule has 1 aromatic carbocycles. The lowest BCUT2D eigenvalue weighted by Gasteiger charge is -2.28. The number of aromatic nitrogens is 2. The summed E-state index contributed by atoms with van der Waals surface area (Å²) in [5, 5.41) is 22.1. The lowest BCUT2D eigenvalue weighted by molar-refractivity contribution is 0.392. The minimum absolute atomic E-state index is 0.173. The Bertz CT molecular complexity index is 676. The van der Waals surface area contributed by atoms with Gasteiger partial charge in [0.1, 0.15) is 5.75 Å². The predicted octanol–water partition coefficient (Wildman–Crippen LogP) is 4.53. The molecule has 0 unspecified atom stereocenters. The average molecular weight is 329 g/mol. The fraction of sp³-hybridized carbons (Fsp3) is 0.474. The molecule has 2 N–H and O–H groups in total. The van der Waals surface area contributed by atoms with E-state index in [-0.39, 0.29) is 10.8 Å². The van der Waals surface area contributed by atoms with Crippen molar-refractivity contribution in [3.8, 4) is 11.6 Å². The van der Waals surface area contributed by atoms with Crippen LogP contribution in [-0.4, -0.2) is 22.4 Å². The Balaban J connectivity index is 2.49. The maximum absolute atomic E-state index is 10.7. The van der Waals surface area contributed by atoms with Crippen LogP contribution in [0.2, 0.25) is 0 Å². The van der Waals surface area contributed by atoms with Crippen molar-refractivity contribution < 1.29 is 9.84 Å². The molecular formula is C19H27N3O2. The summed E-state index contributed by atoms with van der Waals surface area (Å²) in [5.41, 5.74) is 2.33. The first kappa shape index (κ1) is 18.0. The molecule has 24 heavy (non-hydrogen) atoms. The summed E-state index contributed by atoms with van der Waals surface area (Å²) in [6, 6.07) is 7.50. The highest BCUT2D eigenvalue weighted by atomic mass is 16.5. The summed E-state index contributed by atoms with van der Waals surface area (Å²) < 4.78 is 5.03. The van der Waals surface area contributed by atoms with Crippen LogP contribution in [0.3, 0.4) is 0 Å². The summed E-state index contributed by atoms with van der Waals surface area (Å²) in [7, 11) is 1.56. The van der Waals surface area contributed by atoms with Gasteiger partial charge in [0.15, 0.2) is 5.82 Å². The summed E-state index contributed by atoms with van der Waals surface area (Å²) in [4.78, 5) is 0. The van der Waals surface area contributed by atoms with E-state index in [1.54, 1.807) is 13.2 Å². The summed E-state index contributed by atoms with van der Waals surface area (Å²) in [5.74, 6) is 1.46. The van der Waals surface area contributed by atoms with E-state index in [1.807, 2.05) is 18.2 Å². The Hall–Kier alpha value is -2.30. The lowest BCUT2D eigenvalue weighted by Crippen LogP contribution is -2.17. The smallest absolute Gasteiger partial charge is 0.233 e.